The molecular weight excluding hydrogens is 242 g/mol. The molecule has 0 aliphatic rings. The molecule has 1 aromatic rings. The van der Waals surface area contributed by atoms with Gasteiger partial charge >= 0.3 is 0 Å². The molecule has 2 N–H and O–H groups in total. The van der Waals surface area contributed by atoms with Crippen molar-refractivity contribution in [1.29, 1.82) is 0 Å². The van der Waals surface area contributed by atoms with E-state index in [4.69, 9.17) is 5.11 Å². The molecule has 1 rings (SSSR count). The Morgan fingerprint density at radius 3 is 2.86 bits per heavy atom. The highest BCUT2D eigenvalue weighted by Crippen LogP contribution is 2.13. The van der Waals surface area contributed by atoms with E-state index in [9.17, 15) is 0 Å². The predicted molar refractivity (Wildman–Crippen MR) is 62.4 cm³/mol. The summed E-state index contributed by atoms with van der Waals surface area (Å²) < 4.78 is 1.11. The maximum Gasteiger partial charge on any atom is 0.0584 e. The fraction of sp³-hybridized carbons (Fsp3) is 0.455. The van der Waals surface area contributed by atoms with Crippen molar-refractivity contribution in [3.05, 3.63) is 34.3 Å². The second-order valence-electron chi connectivity index (χ2n) is 3.34. The molecule has 0 amide bonds. The van der Waals surface area contributed by atoms with Gasteiger partial charge in [-0.2, -0.15) is 0 Å². The first-order valence-electron chi connectivity index (χ1n) is 4.79. The number of aliphatic hydroxyl groups excluding tert-OH is 1. The highest BCUT2D eigenvalue weighted by molar-refractivity contribution is 9.10. The van der Waals surface area contributed by atoms with Crippen LogP contribution in [-0.4, -0.2) is 24.8 Å². The minimum absolute atomic E-state index is 0.199. The molecule has 78 valence electrons. The molecule has 0 saturated heterocycles. The second kappa shape index (κ2) is 6.17. The molecule has 0 aromatic heterocycles. The molecule has 0 saturated carbocycles. The minimum atomic E-state index is 0.199. The Labute approximate surface area is 93.5 Å². The fourth-order valence-corrected chi connectivity index (χ4v) is 1.81. The molecule has 1 aromatic carbocycles. The van der Waals surface area contributed by atoms with Crippen molar-refractivity contribution in [1.82, 2.24) is 5.32 Å². The van der Waals surface area contributed by atoms with E-state index in [1.54, 1.807) is 0 Å². The van der Waals surface area contributed by atoms with Gasteiger partial charge in [-0.25, -0.2) is 0 Å². The van der Waals surface area contributed by atoms with E-state index in [1.165, 1.54) is 5.56 Å². The Kier molecular flexibility index (Phi) is 5.15. The zero-order valence-electron chi connectivity index (χ0n) is 8.33. The Hall–Kier alpha value is -0.380. The number of hydrogen-bond donors (Lipinski definition) is 2. The first-order valence-corrected chi connectivity index (χ1v) is 5.58. The molecule has 0 aliphatic carbocycles. The molecule has 0 bridgehead atoms. The fourth-order valence-electron chi connectivity index (χ4n) is 1.36. The Balaban J connectivity index is 2.44. The van der Waals surface area contributed by atoms with Gasteiger partial charge < -0.3 is 10.4 Å². The normalized spacial score (nSPS) is 12.8. The topological polar surface area (TPSA) is 32.3 Å². The van der Waals surface area contributed by atoms with Crippen LogP contribution in [0.3, 0.4) is 0 Å². The van der Waals surface area contributed by atoms with Crippen molar-refractivity contribution in [2.45, 2.75) is 18.9 Å². The summed E-state index contributed by atoms with van der Waals surface area (Å²) in [5.41, 5.74) is 1.30. The van der Waals surface area contributed by atoms with Gasteiger partial charge in [0.15, 0.2) is 0 Å². The average molecular weight is 258 g/mol. The van der Waals surface area contributed by atoms with Crippen molar-refractivity contribution in [2.75, 3.05) is 13.7 Å². The molecule has 14 heavy (non-hydrogen) atoms. The molecule has 0 aliphatic heterocycles. The summed E-state index contributed by atoms with van der Waals surface area (Å²) in [4.78, 5) is 0. The Bertz CT molecular complexity index is 274. The van der Waals surface area contributed by atoms with Crippen LogP contribution in [0.15, 0.2) is 28.7 Å². The van der Waals surface area contributed by atoms with Gasteiger partial charge in [-0.15, -0.1) is 0 Å². The van der Waals surface area contributed by atoms with Gasteiger partial charge in [0, 0.05) is 10.5 Å². The molecule has 1 unspecified atom stereocenters. The van der Waals surface area contributed by atoms with Crippen LogP contribution in [-0.2, 0) is 6.42 Å². The van der Waals surface area contributed by atoms with Crippen LogP contribution in [0.2, 0.25) is 0 Å². The standard InChI is InChI=1S/C11H16BrNO/c1-13-11(8-14)6-5-9-3-2-4-10(12)7-9/h2-4,7,11,13-14H,5-6,8H2,1H3. The molecule has 0 heterocycles. The average Bonchev–Trinajstić information content (AvgIpc) is 2.19. The summed E-state index contributed by atoms with van der Waals surface area (Å²) in [6.45, 7) is 0.199. The maximum atomic E-state index is 8.99. The molecular formula is C11H16BrNO. The van der Waals surface area contributed by atoms with Crippen molar-refractivity contribution >= 4 is 15.9 Å². The number of likely N-dealkylation sites (N-methyl/N-ethyl adjacent to an activating group) is 1. The number of rotatable bonds is 5. The largest absolute Gasteiger partial charge is 0.395 e. The van der Waals surface area contributed by atoms with Gasteiger partial charge in [0.25, 0.3) is 0 Å². The van der Waals surface area contributed by atoms with Gasteiger partial charge in [0.2, 0.25) is 0 Å². The van der Waals surface area contributed by atoms with Gasteiger partial charge in [0.05, 0.1) is 6.61 Å². The van der Waals surface area contributed by atoms with Crippen LogP contribution in [0.1, 0.15) is 12.0 Å². The molecule has 1 atom stereocenters. The number of halogens is 1. The van der Waals surface area contributed by atoms with Crippen LogP contribution in [0, 0.1) is 0 Å². The first kappa shape index (κ1) is 11.7. The zero-order chi connectivity index (χ0) is 10.4. The summed E-state index contributed by atoms with van der Waals surface area (Å²) in [5, 5.41) is 12.1. The van der Waals surface area contributed by atoms with E-state index in [0.717, 1.165) is 17.3 Å². The summed E-state index contributed by atoms with van der Waals surface area (Å²) in [7, 11) is 1.88. The van der Waals surface area contributed by atoms with Crippen molar-refractivity contribution in [2.24, 2.45) is 0 Å². The van der Waals surface area contributed by atoms with Crippen molar-refractivity contribution in [3.8, 4) is 0 Å². The van der Waals surface area contributed by atoms with E-state index in [-0.39, 0.29) is 12.6 Å². The predicted octanol–water partition coefficient (Wildman–Crippen LogP) is 1.96. The van der Waals surface area contributed by atoms with E-state index in [1.807, 2.05) is 19.2 Å². The third-order valence-electron chi connectivity index (χ3n) is 2.30. The number of nitrogens with one attached hydrogen (secondary N) is 1. The van der Waals surface area contributed by atoms with E-state index in [2.05, 4.69) is 33.4 Å². The van der Waals surface area contributed by atoms with Crippen LogP contribution in [0.5, 0.6) is 0 Å². The highest BCUT2D eigenvalue weighted by atomic mass is 79.9. The van der Waals surface area contributed by atoms with Crippen molar-refractivity contribution in [3.63, 3.8) is 0 Å². The van der Waals surface area contributed by atoms with E-state index < -0.39 is 0 Å². The van der Waals surface area contributed by atoms with Gasteiger partial charge in [0.1, 0.15) is 0 Å². The van der Waals surface area contributed by atoms with Gasteiger partial charge in [-0.05, 0) is 37.6 Å². The minimum Gasteiger partial charge on any atom is -0.395 e. The van der Waals surface area contributed by atoms with Gasteiger partial charge in [-0.1, -0.05) is 28.1 Å². The smallest absolute Gasteiger partial charge is 0.0584 e. The lowest BCUT2D eigenvalue weighted by atomic mass is 10.1. The maximum absolute atomic E-state index is 8.99. The SMILES string of the molecule is CNC(CO)CCc1cccc(Br)c1. The highest BCUT2D eigenvalue weighted by Gasteiger charge is 2.03. The molecule has 0 radical (unpaired) electrons. The van der Waals surface area contributed by atoms with Crippen LogP contribution in [0.4, 0.5) is 0 Å². The van der Waals surface area contributed by atoms with Crippen molar-refractivity contribution < 1.29 is 5.11 Å². The monoisotopic (exact) mass is 257 g/mol. The number of aliphatic hydroxyl groups is 1. The number of aryl methyl sites for hydroxylation is 1. The Morgan fingerprint density at radius 2 is 2.29 bits per heavy atom. The van der Waals surface area contributed by atoms with Gasteiger partial charge in [-0.3, -0.25) is 0 Å². The van der Waals surface area contributed by atoms with E-state index in [0.29, 0.717) is 0 Å². The molecule has 3 heteroatoms. The summed E-state index contributed by atoms with van der Waals surface area (Å²) in [6, 6.07) is 8.48. The van der Waals surface area contributed by atoms with Crippen LogP contribution < -0.4 is 5.32 Å². The second-order valence-corrected chi connectivity index (χ2v) is 4.25. The lowest BCUT2D eigenvalue weighted by Gasteiger charge is -2.12. The number of benzene rings is 1. The molecule has 2 nitrogen and oxygen atoms in total. The summed E-state index contributed by atoms with van der Waals surface area (Å²) in [5.74, 6) is 0. The quantitative estimate of drug-likeness (QED) is 0.846. The van der Waals surface area contributed by atoms with Crippen LogP contribution in [0.25, 0.3) is 0 Å². The number of hydrogen-bond acceptors (Lipinski definition) is 2. The molecule has 0 fully saturated rings. The third kappa shape index (κ3) is 3.78. The third-order valence-corrected chi connectivity index (χ3v) is 2.79. The summed E-state index contributed by atoms with van der Waals surface area (Å²) >= 11 is 3.44. The summed E-state index contributed by atoms with van der Waals surface area (Å²) in [6.07, 6.45) is 1.95. The van der Waals surface area contributed by atoms with Crippen LogP contribution >= 0.6 is 15.9 Å². The molecule has 0 spiro atoms. The lowest BCUT2D eigenvalue weighted by molar-refractivity contribution is 0.242. The van der Waals surface area contributed by atoms with E-state index >= 15 is 0 Å². The Morgan fingerprint density at radius 1 is 1.50 bits per heavy atom. The zero-order valence-corrected chi connectivity index (χ0v) is 9.92. The lowest BCUT2D eigenvalue weighted by Crippen LogP contribution is -2.29. The first-order chi connectivity index (χ1) is 6.76.